The summed E-state index contributed by atoms with van der Waals surface area (Å²) in [6, 6.07) is 0. The van der Waals surface area contributed by atoms with Crippen LogP contribution in [0.25, 0.3) is 0 Å². The Labute approximate surface area is 101 Å². The van der Waals surface area contributed by atoms with E-state index in [1.54, 1.807) is 0 Å². The van der Waals surface area contributed by atoms with Crippen LogP contribution in [0.1, 0.15) is 65.7 Å². The first-order valence-corrected chi connectivity index (χ1v) is 6.50. The Hall–Kier alpha value is -0.560. The van der Waals surface area contributed by atoms with Crippen molar-refractivity contribution in [2.45, 2.75) is 71.3 Å². The maximum atomic E-state index is 10.1. The van der Waals surface area contributed by atoms with Crippen LogP contribution in [-0.2, 0) is 0 Å². The highest BCUT2D eigenvalue weighted by Gasteiger charge is 2.18. The summed E-state index contributed by atoms with van der Waals surface area (Å²) in [5.74, 6) is 0. The first kappa shape index (κ1) is 15.4. The summed E-state index contributed by atoms with van der Waals surface area (Å²) in [5.41, 5.74) is 0.861. The maximum Gasteiger partial charge on any atom is 0.0622 e. The van der Waals surface area contributed by atoms with Crippen LogP contribution in [0.3, 0.4) is 0 Å². The molecule has 1 atom stereocenters. The van der Waals surface area contributed by atoms with Gasteiger partial charge in [0.2, 0.25) is 0 Å². The third-order valence-corrected chi connectivity index (χ3v) is 2.96. The zero-order valence-electron chi connectivity index (χ0n) is 11.3. The predicted molar refractivity (Wildman–Crippen MR) is 72.6 cm³/mol. The van der Waals surface area contributed by atoms with Gasteiger partial charge in [0.05, 0.1) is 5.60 Å². The molecule has 0 bridgehead atoms. The van der Waals surface area contributed by atoms with Gasteiger partial charge in [-0.2, -0.15) is 0 Å². The smallest absolute Gasteiger partial charge is 0.0622 e. The summed E-state index contributed by atoms with van der Waals surface area (Å²) < 4.78 is 0. The highest BCUT2D eigenvalue weighted by Crippen LogP contribution is 2.21. The Kier molecular flexibility index (Phi) is 8.28. The van der Waals surface area contributed by atoms with Crippen molar-refractivity contribution in [2.75, 3.05) is 0 Å². The van der Waals surface area contributed by atoms with E-state index in [4.69, 9.17) is 0 Å². The molecule has 94 valence electrons. The number of hydrogen-bond acceptors (Lipinski definition) is 1. The third kappa shape index (κ3) is 8.72. The Morgan fingerprint density at radius 2 is 2.00 bits per heavy atom. The van der Waals surface area contributed by atoms with Crippen LogP contribution >= 0.6 is 0 Å². The standard InChI is InChI=1S/C15H28O/c1-5-7-8-12-15(4,16)13-9-11-14(3)10-6-2/h6,11,16H,2,5,7-10,12-13H2,1,3-4H3/b14-11+. The van der Waals surface area contributed by atoms with Crippen molar-refractivity contribution in [1.29, 1.82) is 0 Å². The lowest BCUT2D eigenvalue weighted by Crippen LogP contribution is -2.23. The minimum Gasteiger partial charge on any atom is -0.390 e. The van der Waals surface area contributed by atoms with E-state index in [2.05, 4.69) is 26.5 Å². The lowest BCUT2D eigenvalue weighted by molar-refractivity contribution is 0.0403. The van der Waals surface area contributed by atoms with E-state index in [-0.39, 0.29) is 0 Å². The molecule has 0 spiro atoms. The number of allylic oxidation sites excluding steroid dienone is 3. The molecule has 1 unspecified atom stereocenters. The highest BCUT2D eigenvalue weighted by atomic mass is 16.3. The predicted octanol–water partition coefficient (Wildman–Crippen LogP) is 4.62. The average molecular weight is 224 g/mol. The quantitative estimate of drug-likeness (QED) is 0.447. The van der Waals surface area contributed by atoms with Crippen molar-refractivity contribution >= 4 is 0 Å². The number of hydrogen-bond donors (Lipinski definition) is 1. The monoisotopic (exact) mass is 224 g/mol. The van der Waals surface area contributed by atoms with E-state index in [9.17, 15) is 5.11 Å². The second kappa shape index (κ2) is 8.58. The van der Waals surface area contributed by atoms with Crippen LogP contribution in [0.4, 0.5) is 0 Å². The van der Waals surface area contributed by atoms with Gasteiger partial charge in [-0.1, -0.05) is 43.9 Å². The van der Waals surface area contributed by atoms with E-state index in [0.29, 0.717) is 0 Å². The summed E-state index contributed by atoms with van der Waals surface area (Å²) in [7, 11) is 0. The molecule has 0 amide bonds. The largest absolute Gasteiger partial charge is 0.390 e. The summed E-state index contributed by atoms with van der Waals surface area (Å²) in [4.78, 5) is 0. The summed E-state index contributed by atoms with van der Waals surface area (Å²) in [6.45, 7) is 9.98. The minimum atomic E-state index is -0.486. The normalized spacial score (nSPS) is 15.9. The van der Waals surface area contributed by atoms with Crippen LogP contribution in [0.5, 0.6) is 0 Å². The van der Waals surface area contributed by atoms with Crippen LogP contribution < -0.4 is 0 Å². The Morgan fingerprint density at radius 3 is 2.56 bits per heavy atom. The lowest BCUT2D eigenvalue weighted by atomic mass is 9.93. The fourth-order valence-electron chi connectivity index (χ4n) is 1.82. The van der Waals surface area contributed by atoms with Crippen molar-refractivity contribution in [3.63, 3.8) is 0 Å². The molecule has 0 saturated carbocycles. The fraction of sp³-hybridized carbons (Fsp3) is 0.733. The summed E-state index contributed by atoms with van der Waals surface area (Å²) in [5, 5.41) is 10.1. The van der Waals surface area contributed by atoms with Crippen LogP contribution in [0.2, 0.25) is 0 Å². The lowest BCUT2D eigenvalue weighted by Gasteiger charge is -2.22. The van der Waals surface area contributed by atoms with Gasteiger partial charge in [-0.3, -0.25) is 0 Å². The molecule has 0 aliphatic rings. The molecule has 1 heteroatoms. The van der Waals surface area contributed by atoms with Gasteiger partial charge in [-0.05, 0) is 39.5 Å². The molecule has 0 aliphatic carbocycles. The van der Waals surface area contributed by atoms with E-state index in [1.807, 2.05) is 13.0 Å². The molecule has 1 nitrogen and oxygen atoms in total. The zero-order valence-corrected chi connectivity index (χ0v) is 11.3. The first-order chi connectivity index (χ1) is 7.52. The van der Waals surface area contributed by atoms with Gasteiger partial charge in [0.15, 0.2) is 0 Å². The second-order valence-corrected chi connectivity index (χ2v) is 5.04. The minimum absolute atomic E-state index is 0.486. The van der Waals surface area contributed by atoms with Gasteiger partial charge >= 0.3 is 0 Å². The molecule has 0 aromatic heterocycles. The molecule has 0 aromatic carbocycles. The van der Waals surface area contributed by atoms with Crippen LogP contribution in [0.15, 0.2) is 24.3 Å². The fourth-order valence-corrected chi connectivity index (χ4v) is 1.82. The molecule has 0 rings (SSSR count). The Bertz CT molecular complexity index is 213. The summed E-state index contributed by atoms with van der Waals surface area (Å²) >= 11 is 0. The number of unbranched alkanes of at least 4 members (excludes halogenated alkanes) is 2. The molecule has 0 aromatic rings. The van der Waals surface area contributed by atoms with Gasteiger partial charge in [-0.15, -0.1) is 6.58 Å². The van der Waals surface area contributed by atoms with Gasteiger partial charge in [0.25, 0.3) is 0 Å². The Balaban J connectivity index is 3.80. The third-order valence-electron chi connectivity index (χ3n) is 2.96. The highest BCUT2D eigenvalue weighted by molar-refractivity contribution is 5.02. The van der Waals surface area contributed by atoms with Gasteiger partial charge in [0.1, 0.15) is 0 Å². The van der Waals surface area contributed by atoms with Crippen LogP contribution in [-0.4, -0.2) is 10.7 Å². The van der Waals surface area contributed by atoms with Gasteiger partial charge in [0, 0.05) is 0 Å². The van der Waals surface area contributed by atoms with Gasteiger partial charge in [-0.25, -0.2) is 0 Å². The molecule has 0 aliphatic heterocycles. The SMILES string of the molecule is C=CC/C(C)=C/CCC(C)(O)CCCCC. The van der Waals surface area contributed by atoms with E-state index < -0.39 is 5.60 Å². The van der Waals surface area contributed by atoms with Crippen LogP contribution in [0, 0.1) is 0 Å². The average Bonchev–Trinajstić information content (AvgIpc) is 2.18. The molecule has 1 N–H and O–H groups in total. The maximum absolute atomic E-state index is 10.1. The van der Waals surface area contributed by atoms with Crippen molar-refractivity contribution in [3.05, 3.63) is 24.3 Å². The molecule has 16 heavy (non-hydrogen) atoms. The van der Waals surface area contributed by atoms with Crippen molar-refractivity contribution in [1.82, 2.24) is 0 Å². The molecule has 0 saturated heterocycles. The second-order valence-electron chi connectivity index (χ2n) is 5.04. The topological polar surface area (TPSA) is 20.2 Å². The molecule has 0 fully saturated rings. The van der Waals surface area contributed by atoms with Crippen molar-refractivity contribution in [3.8, 4) is 0 Å². The molecular formula is C15H28O. The van der Waals surface area contributed by atoms with E-state index in [1.165, 1.54) is 18.4 Å². The first-order valence-electron chi connectivity index (χ1n) is 6.50. The van der Waals surface area contributed by atoms with E-state index >= 15 is 0 Å². The Morgan fingerprint density at radius 1 is 1.31 bits per heavy atom. The molecule has 0 radical (unpaired) electrons. The molecule has 0 heterocycles. The van der Waals surface area contributed by atoms with Crippen molar-refractivity contribution < 1.29 is 5.11 Å². The number of rotatable bonds is 9. The number of aliphatic hydroxyl groups is 1. The van der Waals surface area contributed by atoms with Gasteiger partial charge < -0.3 is 5.11 Å². The summed E-state index contributed by atoms with van der Waals surface area (Å²) in [6.07, 6.45) is 11.4. The van der Waals surface area contributed by atoms with Crippen molar-refractivity contribution in [2.24, 2.45) is 0 Å². The molecular weight excluding hydrogens is 196 g/mol. The zero-order chi connectivity index (χ0) is 12.4. The van der Waals surface area contributed by atoms with E-state index in [0.717, 1.165) is 32.1 Å².